The zero-order valence-corrected chi connectivity index (χ0v) is 10.9. The molecule has 2 rings (SSSR count). The van der Waals surface area contributed by atoms with Crippen LogP contribution in [0.5, 0.6) is 0 Å². The average molecular weight is 308 g/mol. The number of primary sulfonamides is 1. The molecule has 0 atom stereocenters. The van der Waals surface area contributed by atoms with Crippen LogP contribution in [0.15, 0.2) is 29.2 Å². The topological polar surface area (TPSA) is 89.3 Å². The van der Waals surface area contributed by atoms with E-state index in [1.54, 1.807) is 0 Å². The first-order valence-electron chi connectivity index (χ1n) is 5.57. The molecular formula is C11H11F3N2O3S. The van der Waals surface area contributed by atoms with Crippen LogP contribution in [0, 0.1) is 0 Å². The Morgan fingerprint density at radius 1 is 1.20 bits per heavy atom. The van der Waals surface area contributed by atoms with Crippen molar-refractivity contribution in [1.29, 1.82) is 0 Å². The molecule has 1 aromatic carbocycles. The third-order valence-electron chi connectivity index (χ3n) is 3.10. The fraction of sp³-hybridized carbons (Fsp3) is 0.364. The molecule has 0 heterocycles. The van der Waals surface area contributed by atoms with E-state index in [-0.39, 0.29) is 4.90 Å². The van der Waals surface area contributed by atoms with Crippen LogP contribution < -0.4 is 10.5 Å². The first kappa shape index (κ1) is 14.8. The van der Waals surface area contributed by atoms with Crippen molar-refractivity contribution in [2.45, 2.75) is 29.5 Å². The van der Waals surface area contributed by atoms with Crippen LogP contribution in [0.2, 0.25) is 0 Å². The van der Waals surface area contributed by atoms with E-state index in [0.717, 1.165) is 0 Å². The van der Waals surface area contributed by atoms with Crippen LogP contribution in [0.1, 0.15) is 18.4 Å². The predicted molar refractivity (Wildman–Crippen MR) is 62.9 cm³/mol. The lowest BCUT2D eigenvalue weighted by atomic mass is 10.1. The van der Waals surface area contributed by atoms with Crippen molar-refractivity contribution in [3.63, 3.8) is 0 Å². The summed E-state index contributed by atoms with van der Waals surface area (Å²) in [5, 5.41) is 6.86. The number of hydrogen-bond donors (Lipinski definition) is 2. The molecule has 1 saturated carbocycles. The molecule has 1 fully saturated rings. The van der Waals surface area contributed by atoms with Crippen LogP contribution in [0.25, 0.3) is 0 Å². The van der Waals surface area contributed by atoms with Gasteiger partial charge in [-0.3, -0.25) is 4.79 Å². The normalized spacial score (nSPS) is 17.6. The average Bonchev–Trinajstić information content (AvgIpc) is 3.08. The van der Waals surface area contributed by atoms with Crippen molar-refractivity contribution >= 4 is 15.9 Å². The van der Waals surface area contributed by atoms with Gasteiger partial charge in [0.05, 0.1) is 10.4 Å². The molecule has 0 aliphatic heterocycles. The van der Waals surface area contributed by atoms with Gasteiger partial charge in [0.15, 0.2) is 0 Å². The lowest BCUT2D eigenvalue weighted by Gasteiger charge is -2.19. The second-order valence-electron chi connectivity index (χ2n) is 4.60. The summed E-state index contributed by atoms with van der Waals surface area (Å²) in [4.78, 5) is 10.8. The van der Waals surface area contributed by atoms with Crippen molar-refractivity contribution in [2.24, 2.45) is 5.14 Å². The highest BCUT2D eigenvalue weighted by Gasteiger charge is 2.50. The molecule has 0 radical (unpaired) electrons. The Labute approximate surface area is 113 Å². The summed E-state index contributed by atoms with van der Waals surface area (Å²) in [5.41, 5.74) is -0.647. The molecule has 110 valence electrons. The smallest absolute Gasteiger partial charge is 0.339 e. The number of carbonyl (C=O) groups excluding carboxylic acids is 1. The fourth-order valence-electron chi connectivity index (χ4n) is 1.86. The molecule has 1 aromatic rings. The van der Waals surface area contributed by atoms with E-state index in [4.69, 9.17) is 5.14 Å². The maximum atomic E-state index is 12.2. The second kappa shape index (κ2) is 4.45. The zero-order valence-electron chi connectivity index (χ0n) is 10.1. The van der Waals surface area contributed by atoms with Gasteiger partial charge < -0.3 is 5.32 Å². The number of carbonyl (C=O) groups is 1. The van der Waals surface area contributed by atoms with Crippen LogP contribution in [-0.4, -0.2) is 20.5 Å². The molecule has 0 saturated heterocycles. The number of nitrogens with two attached hydrogens (primary N) is 1. The van der Waals surface area contributed by atoms with Gasteiger partial charge in [-0.2, -0.15) is 13.2 Å². The Hall–Kier alpha value is -1.61. The summed E-state index contributed by atoms with van der Waals surface area (Å²) in [6.45, 7) is 0. The highest BCUT2D eigenvalue weighted by Crippen LogP contribution is 2.46. The standard InChI is InChI=1S/C11H11F3N2O3S/c12-11(13,14)9(17)16-10(5-6-10)7-1-3-8(4-2-7)20(15,18)19/h1-4H,5-6H2,(H,16,17)(H2,15,18,19). The van der Waals surface area contributed by atoms with Crippen molar-refractivity contribution in [2.75, 3.05) is 0 Å². The van der Waals surface area contributed by atoms with Gasteiger partial charge in [-0.05, 0) is 30.5 Å². The number of amides is 1. The van der Waals surface area contributed by atoms with Crippen LogP contribution in [-0.2, 0) is 20.4 Å². The van der Waals surface area contributed by atoms with Crippen molar-refractivity contribution < 1.29 is 26.4 Å². The van der Waals surface area contributed by atoms with Crippen LogP contribution in [0.4, 0.5) is 13.2 Å². The van der Waals surface area contributed by atoms with E-state index in [2.05, 4.69) is 0 Å². The lowest BCUT2D eigenvalue weighted by Crippen LogP contribution is -2.43. The minimum atomic E-state index is -4.95. The highest BCUT2D eigenvalue weighted by atomic mass is 32.2. The monoisotopic (exact) mass is 308 g/mol. The highest BCUT2D eigenvalue weighted by molar-refractivity contribution is 7.89. The SMILES string of the molecule is NS(=O)(=O)c1ccc(C2(NC(=O)C(F)(F)F)CC2)cc1. The molecule has 0 aromatic heterocycles. The number of alkyl halides is 3. The summed E-state index contributed by atoms with van der Waals surface area (Å²) < 4.78 is 58.9. The number of nitrogens with one attached hydrogen (secondary N) is 1. The Balaban J connectivity index is 2.22. The van der Waals surface area contributed by atoms with Crippen molar-refractivity contribution in [3.8, 4) is 0 Å². The molecule has 0 unspecified atom stereocenters. The fourth-order valence-corrected chi connectivity index (χ4v) is 2.38. The van der Waals surface area contributed by atoms with E-state index in [1.165, 1.54) is 24.3 Å². The number of halogens is 3. The van der Waals surface area contributed by atoms with E-state index in [9.17, 15) is 26.4 Å². The number of sulfonamides is 1. The molecule has 9 heteroatoms. The quantitative estimate of drug-likeness (QED) is 0.873. The van der Waals surface area contributed by atoms with Crippen LogP contribution in [0.3, 0.4) is 0 Å². The molecule has 3 N–H and O–H groups in total. The van der Waals surface area contributed by atoms with Gasteiger partial charge in [0.1, 0.15) is 0 Å². The van der Waals surface area contributed by atoms with E-state index in [1.807, 2.05) is 5.32 Å². The minimum Gasteiger partial charge on any atom is -0.339 e. The molecule has 0 spiro atoms. The largest absolute Gasteiger partial charge is 0.471 e. The molecular weight excluding hydrogens is 297 g/mol. The zero-order chi connectivity index (χ0) is 15.2. The van der Waals surface area contributed by atoms with Gasteiger partial charge >= 0.3 is 12.1 Å². The van der Waals surface area contributed by atoms with Crippen molar-refractivity contribution in [1.82, 2.24) is 5.32 Å². The molecule has 20 heavy (non-hydrogen) atoms. The van der Waals surface area contributed by atoms with E-state index >= 15 is 0 Å². The van der Waals surface area contributed by atoms with E-state index in [0.29, 0.717) is 18.4 Å². The summed E-state index contributed by atoms with van der Waals surface area (Å²) in [5.74, 6) is -2.01. The second-order valence-corrected chi connectivity index (χ2v) is 6.16. The van der Waals surface area contributed by atoms with Gasteiger partial charge in [-0.1, -0.05) is 12.1 Å². The third-order valence-corrected chi connectivity index (χ3v) is 4.02. The Kier molecular flexibility index (Phi) is 3.29. The predicted octanol–water partition coefficient (Wildman–Crippen LogP) is 1.00. The number of benzene rings is 1. The molecule has 5 nitrogen and oxygen atoms in total. The summed E-state index contributed by atoms with van der Waals surface area (Å²) in [6, 6.07) is 5.10. The third kappa shape index (κ3) is 2.93. The number of hydrogen-bond acceptors (Lipinski definition) is 3. The molecule has 1 aliphatic rings. The Morgan fingerprint density at radius 3 is 2.05 bits per heavy atom. The van der Waals surface area contributed by atoms with Gasteiger partial charge in [0.2, 0.25) is 10.0 Å². The first-order chi connectivity index (χ1) is 9.05. The summed E-state index contributed by atoms with van der Waals surface area (Å²) >= 11 is 0. The van der Waals surface area contributed by atoms with Gasteiger partial charge in [0.25, 0.3) is 0 Å². The van der Waals surface area contributed by atoms with Gasteiger partial charge in [-0.25, -0.2) is 13.6 Å². The summed E-state index contributed by atoms with van der Waals surface area (Å²) in [7, 11) is -3.86. The van der Waals surface area contributed by atoms with E-state index < -0.39 is 27.6 Å². The maximum Gasteiger partial charge on any atom is 0.471 e. The Morgan fingerprint density at radius 2 is 1.70 bits per heavy atom. The van der Waals surface area contributed by atoms with Crippen molar-refractivity contribution in [3.05, 3.63) is 29.8 Å². The first-order valence-corrected chi connectivity index (χ1v) is 7.12. The Bertz CT molecular complexity index is 634. The molecule has 1 amide bonds. The van der Waals surface area contributed by atoms with Gasteiger partial charge in [0, 0.05) is 0 Å². The molecule has 0 bridgehead atoms. The van der Waals surface area contributed by atoms with Crippen LogP contribution >= 0.6 is 0 Å². The summed E-state index contributed by atoms with van der Waals surface area (Å²) in [6.07, 6.45) is -4.22. The molecule has 1 aliphatic carbocycles. The minimum absolute atomic E-state index is 0.140. The maximum absolute atomic E-state index is 12.2. The lowest BCUT2D eigenvalue weighted by molar-refractivity contribution is -0.174. The van der Waals surface area contributed by atoms with Gasteiger partial charge in [-0.15, -0.1) is 0 Å². The number of rotatable bonds is 3.